The molecule has 2 aromatic carbocycles. The predicted molar refractivity (Wildman–Crippen MR) is 102 cm³/mol. The van der Waals surface area contributed by atoms with Crippen LogP contribution >= 0.6 is 0 Å². The van der Waals surface area contributed by atoms with Crippen molar-refractivity contribution in [2.45, 2.75) is 32.0 Å². The van der Waals surface area contributed by atoms with Crippen molar-refractivity contribution in [1.82, 2.24) is 4.90 Å². The number of para-hydroxylation sites is 1. The summed E-state index contributed by atoms with van der Waals surface area (Å²) < 4.78 is 11.4. The van der Waals surface area contributed by atoms with Gasteiger partial charge < -0.3 is 24.8 Å². The number of rotatable bonds is 5. The Kier molecular flexibility index (Phi) is 4.90. The summed E-state index contributed by atoms with van der Waals surface area (Å²) >= 11 is 0. The zero-order chi connectivity index (χ0) is 18.8. The quantitative estimate of drug-likeness (QED) is 0.845. The molecular weight excluding hydrogens is 344 g/mol. The number of benzene rings is 2. The summed E-state index contributed by atoms with van der Waals surface area (Å²) in [5, 5.41) is 13.9. The number of anilines is 1. The first-order valence-corrected chi connectivity index (χ1v) is 9.41. The van der Waals surface area contributed by atoms with Crippen molar-refractivity contribution in [2.24, 2.45) is 0 Å². The minimum atomic E-state index is -0.489. The van der Waals surface area contributed by atoms with Crippen LogP contribution in [0.15, 0.2) is 42.5 Å². The van der Waals surface area contributed by atoms with E-state index in [1.807, 2.05) is 31.2 Å². The van der Waals surface area contributed by atoms with Crippen LogP contribution in [0.1, 0.15) is 41.9 Å². The van der Waals surface area contributed by atoms with Crippen LogP contribution in [-0.2, 0) is 4.74 Å². The maximum atomic E-state index is 13.2. The fraction of sp³-hybridized carbons (Fsp3) is 0.381. The van der Waals surface area contributed by atoms with Gasteiger partial charge in [-0.05, 0) is 50.1 Å². The van der Waals surface area contributed by atoms with Crippen LogP contribution in [0.2, 0.25) is 0 Å². The van der Waals surface area contributed by atoms with Gasteiger partial charge in [0.1, 0.15) is 17.7 Å². The molecule has 1 amide bonds. The Morgan fingerprint density at radius 1 is 1.30 bits per heavy atom. The molecule has 0 saturated carbocycles. The molecule has 0 aromatic heterocycles. The van der Waals surface area contributed by atoms with Crippen LogP contribution in [-0.4, -0.2) is 41.8 Å². The molecular formula is C21H24N2O4. The minimum Gasteiger partial charge on any atom is -0.508 e. The molecule has 0 unspecified atom stereocenters. The van der Waals surface area contributed by atoms with Crippen LogP contribution < -0.4 is 10.1 Å². The summed E-state index contributed by atoms with van der Waals surface area (Å²) in [5.41, 5.74) is 2.01. The fourth-order valence-corrected chi connectivity index (χ4v) is 3.74. The largest absolute Gasteiger partial charge is 0.508 e. The molecule has 6 heteroatoms. The molecule has 0 bridgehead atoms. The number of amides is 1. The highest BCUT2D eigenvalue weighted by Crippen LogP contribution is 2.38. The summed E-state index contributed by atoms with van der Waals surface area (Å²) in [5.74, 6) is 0.724. The predicted octanol–water partition coefficient (Wildman–Crippen LogP) is 3.54. The molecule has 1 fully saturated rings. The van der Waals surface area contributed by atoms with Crippen LogP contribution in [0.5, 0.6) is 11.5 Å². The molecule has 2 aliphatic heterocycles. The molecule has 2 atom stereocenters. The lowest BCUT2D eigenvalue weighted by Gasteiger charge is -2.39. The molecule has 2 heterocycles. The molecule has 0 aliphatic carbocycles. The fourth-order valence-electron chi connectivity index (χ4n) is 3.74. The van der Waals surface area contributed by atoms with E-state index in [0.717, 1.165) is 25.1 Å². The number of carbonyl (C=O) groups excluding carboxylic acids is 1. The van der Waals surface area contributed by atoms with E-state index < -0.39 is 6.17 Å². The lowest BCUT2D eigenvalue weighted by molar-refractivity contribution is 0.0424. The number of carbonyl (C=O) groups is 1. The summed E-state index contributed by atoms with van der Waals surface area (Å²) in [6.07, 6.45) is 1.47. The van der Waals surface area contributed by atoms with Crippen molar-refractivity contribution < 1.29 is 19.4 Å². The molecule has 4 rings (SSSR count). The van der Waals surface area contributed by atoms with Gasteiger partial charge in [-0.1, -0.05) is 12.1 Å². The van der Waals surface area contributed by atoms with Crippen LogP contribution in [0.3, 0.4) is 0 Å². The number of phenolic OH excluding ortho intramolecular Hbond substituents is 1. The van der Waals surface area contributed by atoms with Crippen molar-refractivity contribution in [3.05, 3.63) is 53.6 Å². The van der Waals surface area contributed by atoms with Gasteiger partial charge in [0.25, 0.3) is 5.91 Å². The Morgan fingerprint density at radius 3 is 2.93 bits per heavy atom. The second kappa shape index (κ2) is 7.48. The van der Waals surface area contributed by atoms with Crippen molar-refractivity contribution in [1.29, 1.82) is 0 Å². The lowest BCUT2D eigenvalue weighted by atomic mass is 10.0. The lowest BCUT2D eigenvalue weighted by Crippen LogP contribution is -2.46. The molecule has 0 spiro atoms. The number of nitrogens with one attached hydrogen (secondary N) is 1. The molecule has 2 N–H and O–H groups in total. The Balaban J connectivity index is 1.73. The van der Waals surface area contributed by atoms with E-state index in [1.165, 1.54) is 0 Å². The van der Waals surface area contributed by atoms with Crippen molar-refractivity contribution >= 4 is 11.6 Å². The average Bonchev–Trinajstić information content (AvgIpc) is 3.19. The first-order chi connectivity index (χ1) is 13.2. The monoisotopic (exact) mass is 368 g/mol. The Morgan fingerprint density at radius 2 is 2.15 bits per heavy atom. The summed E-state index contributed by atoms with van der Waals surface area (Å²) in [6, 6.07) is 12.6. The maximum absolute atomic E-state index is 13.2. The number of phenols is 1. The first kappa shape index (κ1) is 17.7. The van der Waals surface area contributed by atoms with Crippen molar-refractivity contribution in [2.75, 3.05) is 25.1 Å². The Labute approximate surface area is 158 Å². The highest BCUT2D eigenvalue weighted by Gasteiger charge is 2.36. The van der Waals surface area contributed by atoms with Crippen LogP contribution in [0, 0.1) is 0 Å². The van der Waals surface area contributed by atoms with Crippen LogP contribution in [0.4, 0.5) is 5.69 Å². The van der Waals surface area contributed by atoms with Gasteiger partial charge in [-0.15, -0.1) is 0 Å². The molecule has 1 saturated heterocycles. The van der Waals surface area contributed by atoms with E-state index in [0.29, 0.717) is 30.0 Å². The van der Waals surface area contributed by atoms with Gasteiger partial charge in [-0.2, -0.15) is 0 Å². The molecule has 2 aliphatic rings. The zero-order valence-electron chi connectivity index (χ0n) is 15.4. The number of hydrogen-bond donors (Lipinski definition) is 2. The van der Waals surface area contributed by atoms with E-state index in [-0.39, 0.29) is 17.8 Å². The Bertz CT molecular complexity index is 833. The van der Waals surface area contributed by atoms with Gasteiger partial charge in [0.15, 0.2) is 0 Å². The number of ether oxygens (including phenoxy) is 2. The third-order valence-electron chi connectivity index (χ3n) is 5.05. The van der Waals surface area contributed by atoms with E-state index >= 15 is 0 Å². The minimum absolute atomic E-state index is 0.0146. The molecule has 142 valence electrons. The van der Waals surface area contributed by atoms with Gasteiger partial charge >= 0.3 is 0 Å². The third kappa shape index (κ3) is 3.45. The van der Waals surface area contributed by atoms with Gasteiger partial charge in [0, 0.05) is 24.4 Å². The van der Waals surface area contributed by atoms with E-state index in [9.17, 15) is 9.90 Å². The summed E-state index contributed by atoms with van der Waals surface area (Å²) in [6.45, 7) is 3.65. The highest BCUT2D eigenvalue weighted by atomic mass is 16.5. The summed E-state index contributed by atoms with van der Waals surface area (Å²) in [7, 11) is 0. The van der Waals surface area contributed by atoms with E-state index in [4.69, 9.17) is 9.47 Å². The molecule has 0 radical (unpaired) electrons. The van der Waals surface area contributed by atoms with E-state index in [1.54, 1.807) is 23.1 Å². The molecule has 27 heavy (non-hydrogen) atoms. The van der Waals surface area contributed by atoms with Gasteiger partial charge in [0.05, 0.1) is 18.3 Å². The second-order valence-corrected chi connectivity index (χ2v) is 6.84. The van der Waals surface area contributed by atoms with Gasteiger partial charge in [-0.3, -0.25) is 4.79 Å². The second-order valence-electron chi connectivity index (χ2n) is 6.84. The molecule has 6 nitrogen and oxygen atoms in total. The smallest absolute Gasteiger partial charge is 0.257 e. The van der Waals surface area contributed by atoms with Gasteiger partial charge in [-0.25, -0.2) is 0 Å². The first-order valence-electron chi connectivity index (χ1n) is 9.41. The average molecular weight is 368 g/mol. The highest BCUT2D eigenvalue weighted by molar-refractivity contribution is 6.01. The number of nitrogens with zero attached hydrogens (tertiary/aromatic N) is 1. The van der Waals surface area contributed by atoms with Crippen molar-refractivity contribution in [3.63, 3.8) is 0 Å². The number of hydrogen-bond acceptors (Lipinski definition) is 5. The number of fused-ring (bicyclic) bond motifs is 1. The normalized spacial score (nSPS) is 21.7. The number of aromatic hydroxyl groups is 1. The van der Waals surface area contributed by atoms with Crippen molar-refractivity contribution in [3.8, 4) is 11.5 Å². The Hall–Kier alpha value is -2.73. The van der Waals surface area contributed by atoms with E-state index in [2.05, 4.69) is 5.32 Å². The molecule has 2 aromatic rings. The maximum Gasteiger partial charge on any atom is 0.257 e. The standard InChI is InChI=1S/C21H24N2O4/c1-2-26-14-9-10-19(24)17(12-14)20-22-18-8-4-3-7-16(18)21(25)23(20)13-15-6-5-11-27-15/h3-4,7-10,12,15,20,22,24H,2,5-6,11,13H2,1H3/t15-,20+/m0/s1. The SMILES string of the molecule is CCOc1ccc(O)c([C@@H]2Nc3ccccc3C(=O)N2C[C@@H]2CCCO2)c1. The third-order valence-corrected chi connectivity index (χ3v) is 5.05. The summed E-state index contributed by atoms with van der Waals surface area (Å²) in [4.78, 5) is 15.0. The van der Waals surface area contributed by atoms with Crippen LogP contribution in [0.25, 0.3) is 0 Å². The topological polar surface area (TPSA) is 71.0 Å². The zero-order valence-corrected chi connectivity index (χ0v) is 15.4. The van der Waals surface area contributed by atoms with Gasteiger partial charge in [0.2, 0.25) is 0 Å².